The Labute approximate surface area is 111 Å². The van der Waals surface area contributed by atoms with Crippen molar-refractivity contribution in [2.45, 2.75) is 0 Å². The first-order chi connectivity index (χ1) is 9.24. The molecular formula is C16H13NO2. The fourth-order valence-electron chi connectivity index (χ4n) is 3.27. The zero-order chi connectivity index (χ0) is 13.0. The summed E-state index contributed by atoms with van der Waals surface area (Å²) in [7, 11) is 0. The third-order valence-corrected chi connectivity index (χ3v) is 4.42. The van der Waals surface area contributed by atoms with E-state index in [1.807, 2.05) is 12.1 Å². The molecule has 1 aromatic rings. The van der Waals surface area contributed by atoms with Crippen LogP contribution in [0.4, 0.5) is 5.69 Å². The number of hydrogen-bond acceptors (Lipinski definition) is 2. The van der Waals surface area contributed by atoms with Gasteiger partial charge in [0.2, 0.25) is 0 Å². The Bertz CT molecular complexity index is 619. The Kier molecular flexibility index (Phi) is 2.07. The van der Waals surface area contributed by atoms with Crippen LogP contribution in [0.2, 0.25) is 0 Å². The maximum atomic E-state index is 10.7. The molecule has 1 fully saturated rings. The highest BCUT2D eigenvalue weighted by Crippen LogP contribution is 2.55. The third kappa shape index (κ3) is 1.58. The number of nitro benzene ring substituents is 1. The smallest absolute Gasteiger partial charge is 0.258 e. The largest absolute Gasteiger partial charge is 0.269 e. The zero-order valence-electron chi connectivity index (χ0n) is 10.3. The molecule has 1 aromatic carbocycles. The Morgan fingerprint density at radius 2 is 1.53 bits per heavy atom. The van der Waals surface area contributed by atoms with E-state index in [0.29, 0.717) is 23.7 Å². The van der Waals surface area contributed by atoms with Gasteiger partial charge in [-0.25, -0.2) is 0 Å². The second kappa shape index (κ2) is 3.67. The van der Waals surface area contributed by atoms with Crippen molar-refractivity contribution >= 4 is 11.3 Å². The highest BCUT2D eigenvalue weighted by atomic mass is 16.6. The first-order valence-corrected chi connectivity index (χ1v) is 6.57. The number of benzene rings is 1. The lowest BCUT2D eigenvalue weighted by Crippen LogP contribution is -1.97. The monoisotopic (exact) mass is 251 g/mol. The molecule has 4 bridgehead atoms. The Morgan fingerprint density at radius 1 is 0.895 bits per heavy atom. The van der Waals surface area contributed by atoms with E-state index in [9.17, 15) is 10.1 Å². The van der Waals surface area contributed by atoms with Gasteiger partial charge < -0.3 is 0 Å². The Balaban J connectivity index is 1.74. The van der Waals surface area contributed by atoms with Crippen LogP contribution in [0.3, 0.4) is 0 Å². The fraction of sp³-hybridized carbons (Fsp3) is 0.250. The van der Waals surface area contributed by atoms with Crippen LogP contribution in [0.5, 0.6) is 0 Å². The maximum absolute atomic E-state index is 10.7. The van der Waals surface area contributed by atoms with E-state index < -0.39 is 0 Å². The number of hydrogen-bond donors (Lipinski definition) is 0. The van der Waals surface area contributed by atoms with Crippen LogP contribution in [0.15, 0.2) is 54.6 Å². The highest BCUT2D eigenvalue weighted by Gasteiger charge is 2.48. The average Bonchev–Trinajstić information content (AvgIpc) is 3.16. The van der Waals surface area contributed by atoms with Crippen molar-refractivity contribution in [2.24, 2.45) is 23.7 Å². The molecule has 0 aliphatic heterocycles. The summed E-state index contributed by atoms with van der Waals surface area (Å²) < 4.78 is 0. The minimum atomic E-state index is -0.354. The molecule has 0 heterocycles. The molecule has 0 N–H and O–H groups in total. The molecule has 94 valence electrons. The zero-order valence-corrected chi connectivity index (χ0v) is 10.3. The maximum Gasteiger partial charge on any atom is 0.269 e. The van der Waals surface area contributed by atoms with Crippen molar-refractivity contribution < 1.29 is 4.92 Å². The molecular weight excluding hydrogens is 238 g/mol. The van der Waals surface area contributed by atoms with E-state index in [4.69, 9.17) is 0 Å². The topological polar surface area (TPSA) is 43.1 Å². The summed E-state index contributed by atoms with van der Waals surface area (Å²) in [4.78, 5) is 10.3. The number of allylic oxidation sites excluding steroid dienone is 6. The van der Waals surface area contributed by atoms with Crippen LogP contribution in [0.25, 0.3) is 5.57 Å². The summed E-state index contributed by atoms with van der Waals surface area (Å²) in [5, 5.41) is 10.7. The standard InChI is InChI=1S/C16H13NO2/c18-17(19)12-5-1-10(2-6-12)15-9-16-13-7-3-11(15)4-8-14(13)16/h1-9,11,13-14,16H/t11?,13-,14+,16?. The summed E-state index contributed by atoms with van der Waals surface area (Å²) >= 11 is 0. The molecule has 0 radical (unpaired) electrons. The van der Waals surface area contributed by atoms with Crippen molar-refractivity contribution in [1.82, 2.24) is 0 Å². The summed E-state index contributed by atoms with van der Waals surface area (Å²) in [6.07, 6.45) is 11.5. The lowest BCUT2D eigenvalue weighted by Gasteiger charge is -2.12. The number of rotatable bonds is 2. The lowest BCUT2D eigenvalue weighted by atomic mass is 9.92. The van der Waals surface area contributed by atoms with Crippen LogP contribution in [-0.4, -0.2) is 4.92 Å². The summed E-state index contributed by atoms with van der Waals surface area (Å²) in [6.45, 7) is 0. The molecule has 5 rings (SSSR count). The van der Waals surface area contributed by atoms with E-state index in [-0.39, 0.29) is 10.6 Å². The van der Waals surface area contributed by atoms with Crippen molar-refractivity contribution in [3.8, 4) is 0 Å². The molecule has 0 spiro atoms. The predicted molar refractivity (Wildman–Crippen MR) is 73.3 cm³/mol. The molecule has 19 heavy (non-hydrogen) atoms. The molecule has 4 aliphatic rings. The SMILES string of the molecule is O=[N+]([O-])c1ccc(C2=CC3[C@H]4C=CC2C=C[C@@H]34)cc1. The fourth-order valence-corrected chi connectivity index (χ4v) is 3.27. The second-order valence-corrected chi connectivity index (χ2v) is 5.45. The Hall–Kier alpha value is -2.16. The van der Waals surface area contributed by atoms with Gasteiger partial charge in [0.15, 0.2) is 0 Å². The van der Waals surface area contributed by atoms with Gasteiger partial charge in [-0.15, -0.1) is 0 Å². The van der Waals surface area contributed by atoms with Gasteiger partial charge in [-0.3, -0.25) is 10.1 Å². The summed E-state index contributed by atoms with van der Waals surface area (Å²) in [6, 6.07) is 6.90. The van der Waals surface area contributed by atoms with Gasteiger partial charge in [0.05, 0.1) is 4.92 Å². The van der Waals surface area contributed by atoms with Gasteiger partial charge >= 0.3 is 0 Å². The quantitative estimate of drug-likeness (QED) is 0.458. The third-order valence-electron chi connectivity index (χ3n) is 4.42. The number of nitro groups is 1. The molecule has 0 aromatic heterocycles. The van der Waals surface area contributed by atoms with Crippen molar-refractivity contribution in [2.75, 3.05) is 0 Å². The molecule has 4 aliphatic carbocycles. The van der Waals surface area contributed by atoms with Crippen LogP contribution in [0.1, 0.15) is 5.56 Å². The van der Waals surface area contributed by atoms with Crippen molar-refractivity contribution in [3.63, 3.8) is 0 Å². The number of nitrogens with zero attached hydrogens (tertiary/aromatic N) is 1. The van der Waals surface area contributed by atoms with Crippen molar-refractivity contribution in [3.05, 3.63) is 70.3 Å². The predicted octanol–water partition coefficient (Wildman–Crippen LogP) is 3.60. The summed E-state index contributed by atoms with van der Waals surface area (Å²) in [5.74, 6) is 2.31. The minimum Gasteiger partial charge on any atom is -0.258 e. The van der Waals surface area contributed by atoms with Gasteiger partial charge in [0, 0.05) is 18.1 Å². The summed E-state index contributed by atoms with van der Waals surface area (Å²) in [5.41, 5.74) is 2.53. The van der Waals surface area contributed by atoms with Crippen molar-refractivity contribution in [1.29, 1.82) is 0 Å². The highest BCUT2D eigenvalue weighted by molar-refractivity contribution is 5.73. The molecule has 3 nitrogen and oxygen atoms in total. The lowest BCUT2D eigenvalue weighted by molar-refractivity contribution is -0.384. The van der Waals surface area contributed by atoms with E-state index in [0.717, 1.165) is 5.56 Å². The van der Waals surface area contributed by atoms with Gasteiger partial charge in [-0.05, 0) is 41.0 Å². The molecule has 2 unspecified atom stereocenters. The van der Waals surface area contributed by atoms with E-state index in [1.165, 1.54) is 5.57 Å². The first kappa shape index (κ1) is 10.7. The normalized spacial score (nSPS) is 33.6. The van der Waals surface area contributed by atoms with Gasteiger partial charge in [0.25, 0.3) is 5.69 Å². The molecule has 0 saturated heterocycles. The molecule has 4 atom stereocenters. The van der Waals surface area contributed by atoms with Crippen LogP contribution in [0, 0.1) is 33.8 Å². The van der Waals surface area contributed by atoms with Crippen LogP contribution < -0.4 is 0 Å². The molecule has 0 amide bonds. The van der Waals surface area contributed by atoms with Crippen LogP contribution >= 0.6 is 0 Å². The van der Waals surface area contributed by atoms with Gasteiger partial charge in [-0.1, -0.05) is 30.4 Å². The second-order valence-electron chi connectivity index (χ2n) is 5.45. The van der Waals surface area contributed by atoms with E-state index in [1.54, 1.807) is 12.1 Å². The van der Waals surface area contributed by atoms with E-state index in [2.05, 4.69) is 30.4 Å². The minimum absolute atomic E-state index is 0.151. The Morgan fingerprint density at radius 3 is 2.11 bits per heavy atom. The van der Waals surface area contributed by atoms with Gasteiger partial charge in [-0.2, -0.15) is 0 Å². The first-order valence-electron chi connectivity index (χ1n) is 6.57. The molecule has 3 heteroatoms. The van der Waals surface area contributed by atoms with Crippen LogP contribution in [-0.2, 0) is 0 Å². The van der Waals surface area contributed by atoms with Gasteiger partial charge in [0.1, 0.15) is 0 Å². The number of non-ortho nitro benzene ring substituents is 1. The average molecular weight is 251 g/mol. The van der Waals surface area contributed by atoms with E-state index >= 15 is 0 Å². The molecule has 1 saturated carbocycles.